The second kappa shape index (κ2) is 12.3. The average Bonchev–Trinajstić information content (AvgIpc) is 3.81. The summed E-state index contributed by atoms with van der Waals surface area (Å²) >= 11 is 1.56. The van der Waals surface area contributed by atoms with E-state index in [0.29, 0.717) is 47.1 Å². The summed E-state index contributed by atoms with van der Waals surface area (Å²) in [6, 6.07) is 10.3. The molecule has 0 amide bonds. The van der Waals surface area contributed by atoms with Gasteiger partial charge in [-0.15, -0.1) is 11.8 Å². The van der Waals surface area contributed by atoms with Gasteiger partial charge in [0.1, 0.15) is 18.4 Å². The molecule has 4 aromatic rings. The number of ether oxygens (including phenoxy) is 5. The highest BCUT2D eigenvalue weighted by atomic mass is 32.2. The van der Waals surface area contributed by atoms with Crippen LogP contribution in [0.1, 0.15) is 68.9 Å². The number of phenols is 1. The predicted molar refractivity (Wildman–Crippen MR) is 202 cm³/mol. The quantitative estimate of drug-likeness (QED) is 0.190. The van der Waals surface area contributed by atoms with Crippen molar-refractivity contribution in [3.63, 3.8) is 0 Å². The summed E-state index contributed by atoms with van der Waals surface area (Å²) in [5.74, 6) is 1.15. The van der Waals surface area contributed by atoms with Crippen LogP contribution in [-0.4, -0.2) is 89.8 Å². The van der Waals surface area contributed by atoms with Crippen LogP contribution in [0.15, 0.2) is 30.3 Å². The Hall–Kier alpha value is -4.94. The molecule has 7 atom stereocenters. The molecule has 4 bridgehead atoms. The number of esters is 2. The summed E-state index contributed by atoms with van der Waals surface area (Å²) in [6.45, 7) is 5.56. The highest BCUT2D eigenvalue weighted by molar-refractivity contribution is 7.99. The number of carbonyl (C=O) groups is 2. The Kier molecular flexibility index (Phi) is 7.71. The molecule has 1 spiro atoms. The van der Waals surface area contributed by atoms with Crippen molar-refractivity contribution < 1.29 is 38.4 Å². The third-order valence-corrected chi connectivity index (χ3v) is 14.3. The van der Waals surface area contributed by atoms with Crippen LogP contribution in [0.25, 0.3) is 10.9 Å². The van der Waals surface area contributed by atoms with Gasteiger partial charge >= 0.3 is 11.9 Å². The van der Waals surface area contributed by atoms with Gasteiger partial charge in [0.05, 0.1) is 36.2 Å². The largest absolute Gasteiger partial charge is 0.504 e. The molecule has 0 radical (unpaired) electrons. The van der Waals surface area contributed by atoms with Gasteiger partial charge in [-0.3, -0.25) is 19.9 Å². The number of benzene rings is 3. The summed E-state index contributed by atoms with van der Waals surface area (Å²) in [6.07, 6.45) is 1.25. The molecule has 8 heterocycles. The molecule has 7 aliphatic heterocycles. The number of H-pyrrole nitrogens is 1. The second-order valence-corrected chi connectivity index (χ2v) is 16.6. The number of hydrogen-bond donors (Lipinski definition) is 3. The van der Waals surface area contributed by atoms with Gasteiger partial charge in [0.2, 0.25) is 6.79 Å². The van der Waals surface area contributed by atoms with E-state index in [4.69, 9.17) is 23.7 Å². The number of aromatic nitrogens is 1. The number of para-hydroxylation sites is 1. The first-order chi connectivity index (χ1) is 26.6. The first-order valence-corrected chi connectivity index (χ1v) is 19.7. The van der Waals surface area contributed by atoms with Gasteiger partial charge < -0.3 is 33.8 Å². The molecule has 284 valence electrons. The number of nitrogens with zero attached hydrogens (tertiary/aromatic N) is 3. The number of carbonyl (C=O) groups excluding carboxylic acids is 2. The Morgan fingerprint density at radius 3 is 2.71 bits per heavy atom. The number of fused-ring (bicyclic) bond motifs is 11. The molecule has 2 unspecified atom stereocenters. The van der Waals surface area contributed by atoms with Crippen molar-refractivity contribution in [3.05, 3.63) is 75.0 Å². The van der Waals surface area contributed by atoms with Crippen molar-refractivity contribution in [1.82, 2.24) is 20.1 Å². The number of likely N-dealkylation sites (N-methyl/N-ethyl adjacent to an activating group) is 1. The number of hydrogen-bond acceptors (Lipinski definition) is 13. The first-order valence-electron chi connectivity index (χ1n) is 18.7. The number of nitriles is 1. The lowest BCUT2D eigenvalue weighted by Crippen LogP contribution is -2.69. The van der Waals surface area contributed by atoms with E-state index in [1.807, 2.05) is 39.1 Å². The maximum Gasteiger partial charge on any atom is 0.333 e. The molecule has 0 saturated carbocycles. The summed E-state index contributed by atoms with van der Waals surface area (Å²) in [7, 11) is 3.57. The molecule has 55 heavy (non-hydrogen) atoms. The molecular weight excluding hydrogens is 723 g/mol. The van der Waals surface area contributed by atoms with Crippen LogP contribution in [0.2, 0.25) is 0 Å². The van der Waals surface area contributed by atoms with E-state index in [1.165, 1.54) is 6.92 Å². The Morgan fingerprint density at radius 1 is 1.13 bits per heavy atom. The van der Waals surface area contributed by atoms with Gasteiger partial charge in [0.25, 0.3) is 0 Å². The van der Waals surface area contributed by atoms with Crippen molar-refractivity contribution in [2.24, 2.45) is 0 Å². The van der Waals surface area contributed by atoms with Gasteiger partial charge in [-0.1, -0.05) is 24.3 Å². The Labute approximate surface area is 321 Å². The van der Waals surface area contributed by atoms with Crippen LogP contribution in [0, 0.1) is 25.2 Å². The SMILES string of the molecule is COc1c(C)cc2c(c1O)C1[C@@H]3[C@@H]4SC[C@]5(NCCc6c5[nH]c5ccccc65)C(=O)OC[C@@H](c5c6c(c(C)c(OC(C)=O)c54)OCO6)N3[C@@H](C#N)C(C2)N1C. The lowest BCUT2D eigenvalue weighted by atomic mass is 9.71. The smallest absolute Gasteiger partial charge is 0.333 e. The van der Waals surface area contributed by atoms with Crippen molar-refractivity contribution >= 4 is 34.6 Å². The number of nitrogens with one attached hydrogen (secondary N) is 2. The molecule has 2 fully saturated rings. The monoisotopic (exact) mass is 763 g/mol. The van der Waals surface area contributed by atoms with Crippen molar-refractivity contribution in [1.29, 1.82) is 5.26 Å². The molecule has 14 heteroatoms. The fraction of sp³-hybridized carbons (Fsp3) is 0.439. The normalized spacial score (nSPS) is 29.1. The van der Waals surface area contributed by atoms with Crippen LogP contribution in [0.3, 0.4) is 0 Å². The minimum absolute atomic E-state index is 0.0356. The number of rotatable bonds is 2. The number of phenolic OH excluding ortho intramolecular Hbond substituents is 1. The maximum absolute atomic E-state index is 14.8. The molecule has 2 saturated heterocycles. The van der Waals surface area contributed by atoms with Crippen molar-refractivity contribution in [2.45, 2.75) is 74.6 Å². The summed E-state index contributed by atoms with van der Waals surface area (Å²) < 4.78 is 30.7. The number of aromatic hydroxyl groups is 1. The van der Waals surface area contributed by atoms with Crippen LogP contribution < -0.4 is 24.3 Å². The van der Waals surface area contributed by atoms with Gasteiger partial charge in [0, 0.05) is 64.5 Å². The summed E-state index contributed by atoms with van der Waals surface area (Å²) in [5.41, 5.74) is 6.13. The molecular formula is C41H41N5O8S. The third kappa shape index (κ3) is 4.58. The lowest BCUT2D eigenvalue weighted by Gasteiger charge is -2.62. The highest BCUT2D eigenvalue weighted by Crippen LogP contribution is 2.64. The van der Waals surface area contributed by atoms with Gasteiger partial charge in [0.15, 0.2) is 28.5 Å². The van der Waals surface area contributed by atoms with E-state index >= 15 is 0 Å². The predicted octanol–water partition coefficient (Wildman–Crippen LogP) is 4.75. The van der Waals surface area contributed by atoms with E-state index in [9.17, 15) is 20.0 Å². The fourth-order valence-corrected chi connectivity index (χ4v) is 12.3. The molecule has 3 N–H and O–H groups in total. The molecule has 1 aromatic heterocycles. The Bertz CT molecular complexity index is 2390. The van der Waals surface area contributed by atoms with Gasteiger partial charge in [-0.25, -0.2) is 4.79 Å². The fourth-order valence-electron chi connectivity index (χ4n) is 10.6. The zero-order chi connectivity index (χ0) is 38.1. The minimum atomic E-state index is -1.24. The zero-order valence-corrected chi connectivity index (χ0v) is 32.0. The highest BCUT2D eigenvalue weighted by Gasteiger charge is 2.62. The average molecular weight is 764 g/mol. The molecule has 3 aromatic carbocycles. The molecule has 11 rings (SSSR count). The number of thioether (sulfide) groups is 1. The summed E-state index contributed by atoms with van der Waals surface area (Å²) in [5, 5.41) is 27.4. The maximum atomic E-state index is 14.8. The Balaban J connectivity index is 1.25. The van der Waals surface area contributed by atoms with Crippen molar-refractivity contribution in [3.8, 4) is 34.8 Å². The van der Waals surface area contributed by atoms with Crippen molar-refractivity contribution in [2.75, 3.05) is 39.9 Å². The summed E-state index contributed by atoms with van der Waals surface area (Å²) in [4.78, 5) is 35.8. The molecule has 7 aliphatic rings. The zero-order valence-electron chi connectivity index (χ0n) is 31.1. The topological polar surface area (TPSA) is 159 Å². The van der Waals surface area contributed by atoms with Crippen LogP contribution in [-0.2, 0) is 32.7 Å². The van der Waals surface area contributed by atoms with Gasteiger partial charge in [-0.2, -0.15) is 5.26 Å². The van der Waals surface area contributed by atoms with E-state index in [1.54, 1.807) is 18.9 Å². The lowest BCUT2D eigenvalue weighted by molar-refractivity contribution is -0.157. The minimum Gasteiger partial charge on any atom is -0.504 e. The van der Waals surface area contributed by atoms with E-state index < -0.39 is 46.9 Å². The number of piperazine rings is 1. The number of aromatic amines is 1. The number of methoxy groups -OCH3 is 1. The molecule has 0 aliphatic carbocycles. The van der Waals surface area contributed by atoms with Crippen LogP contribution >= 0.6 is 11.8 Å². The van der Waals surface area contributed by atoms with Crippen LogP contribution in [0.4, 0.5) is 0 Å². The van der Waals surface area contributed by atoms with E-state index in [2.05, 4.69) is 38.3 Å². The number of aryl methyl sites for hydroxylation is 1. The standard InChI is InChI=1S/C41H41N5O8S/c1-18-12-21-13-25-26(14-42)46-27-15-51-40(49)41(39-23(10-11-43-41)22-8-6-7-9-24(22)44-39)16-55-38(32(46)31(45(25)4)28(21)33(48)34(18)50-5)30-29(27)37-36(52-17-53-37)19(2)35(30)54-20(3)47/h6-9,12,25-27,31-32,38,43-44,48H,10-11,13,15-17H2,1-5H3/t25?,26-,27-,31?,32+,38+,41+/m0/s1. The first kappa shape index (κ1) is 34.5. The Morgan fingerprint density at radius 2 is 1.93 bits per heavy atom. The van der Waals surface area contributed by atoms with E-state index in [-0.39, 0.29) is 30.9 Å². The molecule has 13 nitrogen and oxygen atoms in total. The third-order valence-electron chi connectivity index (χ3n) is 12.8. The van der Waals surface area contributed by atoms with Crippen LogP contribution in [0.5, 0.6) is 28.7 Å². The van der Waals surface area contributed by atoms with Gasteiger partial charge in [-0.05, 0) is 56.5 Å². The second-order valence-electron chi connectivity index (χ2n) is 15.4. The van der Waals surface area contributed by atoms with E-state index in [0.717, 1.165) is 50.8 Å².